The highest BCUT2D eigenvalue weighted by Gasteiger charge is 2.08. The Morgan fingerprint density at radius 3 is 2.34 bits per heavy atom. The molecule has 29 heavy (non-hydrogen) atoms. The standard InChI is InChI=1S/C25H27NO3/c1-19(2)15-16-28-24-10-6-9-21(17-24)25(27)26-22-11-13-23(14-12-22)29-18-20-7-4-3-5-8-20/h3-14,17,19H,15-16,18H2,1-2H3,(H,26,27). The van der Waals surface area contributed by atoms with E-state index in [1.54, 1.807) is 12.1 Å². The number of anilines is 1. The van der Waals surface area contributed by atoms with Gasteiger partial charge in [0.15, 0.2) is 0 Å². The van der Waals surface area contributed by atoms with Gasteiger partial charge in [-0.3, -0.25) is 4.79 Å². The van der Waals surface area contributed by atoms with Gasteiger partial charge in [0.25, 0.3) is 5.91 Å². The lowest BCUT2D eigenvalue weighted by Crippen LogP contribution is -2.12. The van der Waals surface area contributed by atoms with Crippen molar-refractivity contribution in [3.8, 4) is 11.5 Å². The fraction of sp³-hybridized carbons (Fsp3) is 0.240. The average Bonchev–Trinajstić information content (AvgIpc) is 2.74. The summed E-state index contributed by atoms with van der Waals surface area (Å²) in [6.45, 7) is 5.47. The zero-order chi connectivity index (χ0) is 20.5. The molecule has 0 saturated carbocycles. The molecule has 0 aliphatic carbocycles. The highest BCUT2D eigenvalue weighted by Crippen LogP contribution is 2.19. The van der Waals surface area contributed by atoms with Crippen LogP contribution in [-0.2, 0) is 6.61 Å². The summed E-state index contributed by atoms with van der Waals surface area (Å²) in [5.74, 6) is 1.88. The molecule has 3 rings (SSSR count). The summed E-state index contributed by atoms with van der Waals surface area (Å²) >= 11 is 0. The molecule has 150 valence electrons. The Kier molecular flexibility index (Phi) is 7.28. The molecule has 0 saturated heterocycles. The number of carbonyl (C=O) groups is 1. The maximum Gasteiger partial charge on any atom is 0.255 e. The van der Waals surface area contributed by atoms with Crippen molar-refractivity contribution in [1.82, 2.24) is 0 Å². The lowest BCUT2D eigenvalue weighted by Gasteiger charge is -2.10. The molecular formula is C25H27NO3. The summed E-state index contributed by atoms with van der Waals surface area (Å²) in [5, 5.41) is 2.91. The molecule has 4 nitrogen and oxygen atoms in total. The maximum atomic E-state index is 12.5. The largest absolute Gasteiger partial charge is 0.494 e. The van der Waals surface area contributed by atoms with Gasteiger partial charge in [0.05, 0.1) is 6.61 Å². The topological polar surface area (TPSA) is 47.6 Å². The highest BCUT2D eigenvalue weighted by atomic mass is 16.5. The predicted molar refractivity (Wildman–Crippen MR) is 117 cm³/mol. The van der Waals surface area contributed by atoms with E-state index in [0.29, 0.717) is 36.1 Å². The third kappa shape index (κ3) is 6.68. The van der Waals surface area contributed by atoms with E-state index in [0.717, 1.165) is 17.7 Å². The van der Waals surface area contributed by atoms with Crippen LogP contribution in [0.1, 0.15) is 36.2 Å². The second-order valence-corrected chi connectivity index (χ2v) is 7.31. The first-order valence-corrected chi connectivity index (χ1v) is 9.91. The van der Waals surface area contributed by atoms with Gasteiger partial charge in [0.2, 0.25) is 0 Å². The van der Waals surface area contributed by atoms with E-state index in [1.807, 2.05) is 66.7 Å². The first-order chi connectivity index (χ1) is 14.1. The van der Waals surface area contributed by atoms with Crippen LogP contribution in [0.2, 0.25) is 0 Å². The molecule has 0 aliphatic heterocycles. The Bertz CT molecular complexity index is 905. The smallest absolute Gasteiger partial charge is 0.255 e. The van der Waals surface area contributed by atoms with Crippen LogP contribution < -0.4 is 14.8 Å². The summed E-state index contributed by atoms with van der Waals surface area (Å²) in [7, 11) is 0. The van der Waals surface area contributed by atoms with Crippen molar-refractivity contribution in [3.05, 3.63) is 90.0 Å². The van der Waals surface area contributed by atoms with Crippen molar-refractivity contribution in [1.29, 1.82) is 0 Å². The Morgan fingerprint density at radius 2 is 1.62 bits per heavy atom. The van der Waals surface area contributed by atoms with E-state index in [9.17, 15) is 4.79 Å². The number of amides is 1. The minimum Gasteiger partial charge on any atom is -0.494 e. The quantitative estimate of drug-likeness (QED) is 0.492. The molecule has 1 N–H and O–H groups in total. The molecule has 0 radical (unpaired) electrons. The molecule has 1 amide bonds. The molecule has 0 spiro atoms. The van der Waals surface area contributed by atoms with Gasteiger partial charge in [-0.15, -0.1) is 0 Å². The Balaban J connectivity index is 1.53. The molecule has 0 unspecified atom stereocenters. The number of nitrogens with one attached hydrogen (secondary N) is 1. The van der Waals surface area contributed by atoms with Crippen molar-refractivity contribution < 1.29 is 14.3 Å². The van der Waals surface area contributed by atoms with E-state index in [4.69, 9.17) is 9.47 Å². The SMILES string of the molecule is CC(C)CCOc1cccc(C(=O)Nc2ccc(OCc3ccccc3)cc2)c1. The van der Waals surface area contributed by atoms with Gasteiger partial charge >= 0.3 is 0 Å². The van der Waals surface area contributed by atoms with Crippen LogP contribution in [0, 0.1) is 5.92 Å². The fourth-order valence-electron chi connectivity index (χ4n) is 2.72. The zero-order valence-electron chi connectivity index (χ0n) is 16.9. The van der Waals surface area contributed by atoms with Gasteiger partial charge in [0.1, 0.15) is 18.1 Å². The van der Waals surface area contributed by atoms with Gasteiger partial charge in [-0.05, 0) is 60.4 Å². The first-order valence-electron chi connectivity index (χ1n) is 9.91. The van der Waals surface area contributed by atoms with E-state index in [-0.39, 0.29) is 5.91 Å². The minimum atomic E-state index is -0.169. The van der Waals surface area contributed by atoms with Crippen LogP contribution in [-0.4, -0.2) is 12.5 Å². The van der Waals surface area contributed by atoms with E-state index in [1.165, 1.54) is 0 Å². The predicted octanol–water partition coefficient (Wildman–Crippen LogP) is 5.94. The second kappa shape index (κ2) is 10.3. The van der Waals surface area contributed by atoms with E-state index >= 15 is 0 Å². The molecule has 0 fully saturated rings. The number of hydrogen-bond acceptors (Lipinski definition) is 3. The van der Waals surface area contributed by atoms with Crippen molar-refractivity contribution in [2.24, 2.45) is 5.92 Å². The lowest BCUT2D eigenvalue weighted by molar-refractivity contribution is 0.102. The van der Waals surface area contributed by atoms with Crippen molar-refractivity contribution >= 4 is 11.6 Å². The Morgan fingerprint density at radius 1 is 0.862 bits per heavy atom. The van der Waals surface area contributed by atoms with Gasteiger partial charge < -0.3 is 14.8 Å². The van der Waals surface area contributed by atoms with E-state index < -0.39 is 0 Å². The summed E-state index contributed by atoms with van der Waals surface area (Å²) < 4.78 is 11.5. The summed E-state index contributed by atoms with van der Waals surface area (Å²) in [6.07, 6.45) is 0.981. The second-order valence-electron chi connectivity index (χ2n) is 7.31. The average molecular weight is 389 g/mol. The van der Waals surface area contributed by atoms with Gasteiger partial charge in [-0.25, -0.2) is 0 Å². The highest BCUT2D eigenvalue weighted by molar-refractivity contribution is 6.04. The molecule has 0 aliphatic rings. The Hall–Kier alpha value is -3.27. The minimum absolute atomic E-state index is 0.169. The molecular weight excluding hydrogens is 362 g/mol. The van der Waals surface area contributed by atoms with E-state index in [2.05, 4.69) is 19.2 Å². The van der Waals surface area contributed by atoms with Gasteiger partial charge in [0, 0.05) is 11.3 Å². The molecule has 3 aromatic carbocycles. The molecule has 0 atom stereocenters. The van der Waals surface area contributed by atoms with Crippen molar-refractivity contribution in [2.75, 3.05) is 11.9 Å². The number of rotatable bonds is 9. The maximum absolute atomic E-state index is 12.5. The van der Waals surface area contributed by atoms with Gasteiger partial charge in [-0.2, -0.15) is 0 Å². The van der Waals surface area contributed by atoms with Crippen LogP contribution in [0.4, 0.5) is 5.69 Å². The molecule has 4 heteroatoms. The zero-order valence-corrected chi connectivity index (χ0v) is 16.9. The lowest BCUT2D eigenvalue weighted by atomic mass is 10.1. The van der Waals surface area contributed by atoms with Crippen molar-refractivity contribution in [2.45, 2.75) is 26.9 Å². The van der Waals surface area contributed by atoms with Crippen LogP contribution in [0.25, 0.3) is 0 Å². The molecule has 0 aromatic heterocycles. The number of ether oxygens (including phenoxy) is 2. The van der Waals surface area contributed by atoms with Gasteiger partial charge in [-0.1, -0.05) is 50.2 Å². The molecule has 0 bridgehead atoms. The normalized spacial score (nSPS) is 10.6. The monoisotopic (exact) mass is 389 g/mol. The van der Waals surface area contributed by atoms with Crippen LogP contribution in [0.5, 0.6) is 11.5 Å². The summed E-state index contributed by atoms with van der Waals surface area (Å²) in [4.78, 5) is 12.5. The number of hydrogen-bond donors (Lipinski definition) is 1. The Labute approximate surface area is 172 Å². The number of benzene rings is 3. The van der Waals surface area contributed by atoms with Crippen LogP contribution >= 0.6 is 0 Å². The molecule has 0 heterocycles. The first kappa shape index (κ1) is 20.5. The third-order valence-electron chi connectivity index (χ3n) is 4.42. The van der Waals surface area contributed by atoms with Crippen LogP contribution in [0.15, 0.2) is 78.9 Å². The summed E-state index contributed by atoms with van der Waals surface area (Å²) in [6, 6.07) is 24.6. The fourth-order valence-corrected chi connectivity index (χ4v) is 2.72. The summed E-state index contributed by atoms with van der Waals surface area (Å²) in [5.41, 5.74) is 2.39. The third-order valence-corrected chi connectivity index (χ3v) is 4.42. The van der Waals surface area contributed by atoms with Crippen LogP contribution in [0.3, 0.4) is 0 Å². The molecule has 3 aromatic rings. The number of carbonyl (C=O) groups excluding carboxylic acids is 1. The van der Waals surface area contributed by atoms with Crippen molar-refractivity contribution in [3.63, 3.8) is 0 Å².